The van der Waals surface area contributed by atoms with Crippen LogP contribution in [0.25, 0.3) is 0 Å². The van der Waals surface area contributed by atoms with Gasteiger partial charge in [-0.2, -0.15) is 13.2 Å². The predicted molar refractivity (Wildman–Crippen MR) is 62.5 cm³/mol. The minimum atomic E-state index is -4.85. The molecule has 1 atom stereocenters. The highest BCUT2D eigenvalue weighted by Gasteiger charge is 2.36. The lowest BCUT2D eigenvalue weighted by molar-refractivity contribution is -0.140. The molecule has 1 saturated carbocycles. The van der Waals surface area contributed by atoms with Crippen LogP contribution >= 0.6 is 0 Å². The van der Waals surface area contributed by atoms with Crippen LogP contribution in [0.15, 0.2) is 18.2 Å². The number of hydrogen-bond acceptors (Lipinski definition) is 2. The molecule has 1 unspecified atom stereocenters. The van der Waals surface area contributed by atoms with Crippen LogP contribution in [0.4, 0.5) is 17.6 Å². The first-order chi connectivity index (χ1) is 9.30. The van der Waals surface area contributed by atoms with Gasteiger partial charge < -0.3 is 10.4 Å². The number of carbonyl (C=O) groups is 1. The molecule has 0 heterocycles. The molecule has 0 radical (unpaired) electrons. The van der Waals surface area contributed by atoms with Gasteiger partial charge in [0.05, 0.1) is 17.2 Å². The lowest BCUT2D eigenvalue weighted by Gasteiger charge is -2.13. The molecule has 1 aromatic carbocycles. The fourth-order valence-corrected chi connectivity index (χ4v) is 1.87. The van der Waals surface area contributed by atoms with Crippen molar-refractivity contribution in [3.8, 4) is 0 Å². The highest BCUT2D eigenvalue weighted by atomic mass is 19.4. The Morgan fingerprint density at radius 3 is 2.60 bits per heavy atom. The van der Waals surface area contributed by atoms with Gasteiger partial charge in [-0.1, -0.05) is 6.07 Å². The molecule has 1 aliphatic rings. The van der Waals surface area contributed by atoms with Crippen molar-refractivity contribution in [1.82, 2.24) is 5.32 Å². The maximum Gasteiger partial charge on any atom is 0.419 e. The average Bonchev–Trinajstić information content (AvgIpc) is 3.18. The van der Waals surface area contributed by atoms with Crippen LogP contribution in [-0.2, 0) is 6.18 Å². The third-order valence-corrected chi connectivity index (χ3v) is 3.19. The maximum atomic E-state index is 13.7. The van der Waals surface area contributed by atoms with Crippen molar-refractivity contribution in [2.45, 2.75) is 25.1 Å². The van der Waals surface area contributed by atoms with Crippen molar-refractivity contribution in [3.05, 3.63) is 35.1 Å². The van der Waals surface area contributed by atoms with Gasteiger partial charge >= 0.3 is 6.18 Å². The summed E-state index contributed by atoms with van der Waals surface area (Å²) in [6.07, 6.45) is -3.88. The molecule has 0 aliphatic heterocycles. The fourth-order valence-electron chi connectivity index (χ4n) is 1.87. The summed E-state index contributed by atoms with van der Waals surface area (Å²) < 4.78 is 51.2. The first-order valence-electron chi connectivity index (χ1n) is 6.12. The van der Waals surface area contributed by atoms with Crippen LogP contribution in [-0.4, -0.2) is 23.7 Å². The Kier molecular flexibility index (Phi) is 3.99. The van der Waals surface area contributed by atoms with E-state index in [-0.39, 0.29) is 12.5 Å². The monoisotopic (exact) mass is 291 g/mol. The van der Waals surface area contributed by atoms with Crippen molar-refractivity contribution in [3.63, 3.8) is 0 Å². The Bertz CT molecular complexity index is 512. The molecule has 3 nitrogen and oxygen atoms in total. The first-order valence-corrected chi connectivity index (χ1v) is 6.12. The molecule has 0 saturated heterocycles. The minimum Gasteiger partial charge on any atom is -0.391 e. The van der Waals surface area contributed by atoms with Crippen molar-refractivity contribution >= 4 is 5.91 Å². The Balaban J connectivity index is 2.09. The van der Waals surface area contributed by atoms with Gasteiger partial charge in [0.2, 0.25) is 0 Å². The van der Waals surface area contributed by atoms with Gasteiger partial charge in [-0.3, -0.25) is 4.79 Å². The highest BCUT2D eigenvalue weighted by molar-refractivity contribution is 5.94. The second-order valence-electron chi connectivity index (χ2n) is 4.78. The van der Waals surface area contributed by atoms with E-state index in [0.29, 0.717) is 6.07 Å². The lowest BCUT2D eigenvalue weighted by Crippen LogP contribution is -2.33. The molecule has 2 rings (SSSR count). The first kappa shape index (κ1) is 14.8. The minimum absolute atomic E-state index is 0.0980. The number of alkyl halides is 3. The number of hydrogen-bond donors (Lipinski definition) is 2. The quantitative estimate of drug-likeness (QED) is 0.837. The molecule has 20 heavy (non-hydrogen) atoms. The van der Waals surface area contributed by atoms with Gasteiger partial charge in [-0.15, -0.1) is 0 Å². The zero-order chi connectivity index (χ0) is 14.9. The zero-order valence-corrected chi connectivity index (χ0v) is 10.4. The van der Waals surface area contributed by atoms with Gasteiger partial charge in [0, 0.05) is 6.54 Å². The number of rotatable bonds is 4. The summed E-state index contributed by atoms with van der Waals surface area (Å²) in [6, 6.07) is 2.52. The normalized spacial score (nSPS) is 16.9. The van der Waals surface area contributed by atoms with E-state index >= 15 is 0 Å². The summed E-state index contributed by atoms with van der Waals surface area (Å²) >= 11 is 0. The van der Waals surface area contributed by atoms with Gasteiger partial charge in [-0.05, 0) is 30.9 Å². The van der Waals surface area contributed by atoms with E-state index < -0.39 is 35.1 Å². The summed E-state index contributed by atoms with van der Waals surface area (Å²) in [6.45, 7) is -0.0980. The van der Waals surface area contributed by atoms with Crippen molar-refractivity contribution in [2.75, 3.05) is 6.54 Å². The third kappa shape index (κ3) is 3.27. The van der Waals surface area contributed by atoms with Gasteiger partial charge in [0.15, 0.2) is 0 Å². The Morgan fingerprint density at radius 2 is 2.05 bits per heavy atom. The van der Waals surface area contributed by atoms with Crippen LogP contribution in [0.3, 0.4) is 0 Å². The molecular weight excluding hydrogens is 278 g/mol. The van der Waals surface area contributed by atoms with Crippen LogP contribution in [0.1, 0.15) is 28.8 Å². The van der Waals surface area contributed by atoms with Gasteiger partial charge in [0.1, 0.15) is 5.82 Å². The van der Waals surface area contributed by atoms with E-state index in [1.54, 1.807) is 0 Å². The van der Waals surface area contributed by atoms with Gasteiger partial charge in [0.25, 0.3) is 5.91 Å². The summed E-state index contributed by atoms with van der Waals surface area (Å²) in [5.74, 6) is -2.45. The Hall–Kier alpha value is -1.63. The molecule has 110 valence electrons. The molecule has 1 aliphatic carbocycles. The number of benzene rings is 1. The van der Waals surface area contributed by atoms with Crippen molar-refractivity contribution in [1.29, 1.82) is 0 Å². The molecule has 1 amide bonds. The molecule has 0 bridgehead atoms. The van der Waals surface area contributed by atoms with E-state index in [9.17, 15) is 27.5 Å². The van der Waals surface area contributed by atoms with E-state index in [4.69, 9.17) is 0 Å². The van der Waals surface area contributed by atoms with E-state index in [2.05, 4.69) is 5.32 Å². The molecular formula is C13H13F4NO2. The Morgan fingerprint density at radius 1 is 1.40 bits per heavy atom. The van der Waals surface area contributed by atoms with Crippen molar-refractivity contribution < 1.29 is 27.5 Å². The van der Waals surface area contributed by atoms with Crippen LogP contribution in [0.5, 0.6) is 0 Å². The second kappa shape index (κ2) is 5.40. The largest absolute Gasteiger partial charge is 0.419 e. The summed E-state index contributed by atoms with van der Waals surface area (Å²) in [7, 11) is 0. The molecule has 1 aromatic rings. The molecule has 0 aromatic heterocycles. The molecule has 7 heteroatoms. The van der Waals surface area contributed by atoms with Gasteiger partial charge in [-0.25, -0.2) is 4.39 Å². The van der Waals surface area contributed by atoms with Crippen LogP contribution in [0.2, 0.25) is 0 Å². The molecule has 1 fully saturated rings. The average molecular weight is 291 g/mol. The van der Waals surface area contributed by atoms with E-state index in [1.165, 1.54) is 0 Å². The lowest BCUT2D eigenvalue weighted by atomic mass is 10.1. The molecule has 2 N–H and O–H groups in total. The predicted octanol–water partition coefficient (Wildman–Crippen LogP) is 2.35. The number of halogens is 4. The fraction of sp³-hybridized carbons (Fsp3) is 0.462. The number of aliphatic hydroxyl groups is 1. The molecule has 0 spiro atoms. The summed E-state index contributed by atoms with van der Waals surface area (Å²) in [4.78, 5) is 11.7. The summed E-state index contributed by atoms with van der Waals surface area (Å²) in [5, 5.41) is 11.8. The second-order valence-corrected chi connectivity index (χ2v) is 4.78. The maximum absolute atomic E-state index is 13.7. The number of nitrogens with one attached hydrogen (secondary N) is 1. The van der Waals surface area contributed by atoms with Crippen LogP contribution in [0, 0.1) is 11.7 Å². The van der Waals surface area contributed by atoms with Crippen molar-refractivity contribution in [2.24, 2.45) is 5.92 Å². The zero-order valence-electron chi connectivity index (χ0n) is 10.4. The standard InChI is InChI=1S/C13H13F4NO2/c14-11-8(2-1-3-9(11)13(15,16)17)12(20)18-6-10(19)7-4-5-7/h1-3,7,10,19H,4-6H2,(H,18,20). The smallest absolute Gasteiger partial charge is 0.391 e. The number of amides is 1. The number of carbonyl (C=O) groups excluding carboxylic acids is 1. The van der Waals surface area contributed by atoms with E-state index in [0.717, 1.165) is 25.0 Å². The number of aliphatic hydroxyl groups excluding tert-OH is 1. The summed E-state index contributed by atoms with van der Waals surface area (Å²) in [5.41, 5.74) is -2.16. The Labute approximate surface area is 112 Å². The third-order valence-electron chi connectivity index (χ3n) is 3.19. The topological polar surface area (TPSA) is 49.3 Å². The van der Waals surface area contributed by atoms with E-state index in [1.807, 2.05) is 0 Å². The SMILES string of the molecule is O=C(NCC(O)C1CC1)c1cccc(C(F)(F)F)c1F. The highest BCUT2D eigenvalue weighted by Crippen LogP contribution is 2.33. The van der Waals surface area contributed by atoms with Crippen LogP contribution < -0.4 is 5.32 Å².